The van der Waals surface area contributed by atoms with E-state index in [1.54, 1.807) is 13.2 Å². The lowest BCUT2D eigenvalue weighted by atomic mass is 10.0. The van der Waals surface area contributed by atoms with E-state index in [9.17, 15) is 10.2 Å². The summed E-state index contributed by atoms with van der Waals surface area (Å²) in [6.07, 6.45) is 0.858. The maximum Gasteiger partial charge on any atom is 0.138 e. The van der Waals surface area contributed by atoms with Crippen molar-refractivity contribution in [2.24, 2.45) is 0 Å². The molecule has 1 atom stereocenters. The lowest BCUT2D eigenvalue weighted by molar-refractivity contribution is 0.280. The van der Waals surface area contributed by atoms with Crippen molar-refractivity contribution in [2.75, 3.05) is 12.8 Å². The fourth-order valence-electron chi connectivity index (χ4n) is 2.52. The maximum absolute atomic E-state index is 9.72. The van der Waals surface area contributed by atoms with Crippen LogP contribution >= 0.6 is 0 Å². The lowest BCUT2D eigenvalue weighted by Crippen LogP contribution is -2.28. The van der Waals surface area contributed by atoms with E-state index < -0.39 is 0 Å². The van der Waals surface area contributed by atoms with E-state index in [0.717, 1.165) is 23.3 Å². The summed E-state index contributed by atoms with van der Waals surface area (Å²) >= 11 is 0. The minimum absolute atomic E-state index is 0.0433. The zero-order valence-corrected chi connectivity index (χ0v) is 13.5. The second-order valence-corrected chi connectivity index (χ2v) is 5.63. The van der Waals surface area contributed by atoms with Gasteiger partial charge in [0.05, 0.1) is 19.4 Å². The Labute approximate surface area is 136 Å². The SMILES string of the molecule is COc1ccc(CC(C)NCc2c(CO)ccc(O)c2N)cc1. The number of aromatic hydroxyl groups is 1. The molecular weight excluding hydrogens is 292 g/mol. The number of nitrogens with two attached hydrogens (primary N) is 1. The van der Waals surface area contributed by atoms with Gasteiger partial charge in [0.1, 0.15) is 11.5 Å². The second-order valence-electron chi connectivity index (χ2n) is 5.63. The molecule has 0 saturated heterocycles. The number of ether oxygens (including phenoxy) is 1. The zero-order valence-electron chi connectivity index (χ0n) is 13.5. The van der Waals surface area contributed by atoms with Crippen LogP contribution < -0.4 is 15.8 Å². The number of nitrogens with one attached hydrogen (secondary N) is 1. The summed E-state index contributed by atoms with van der Waals surface area (Å²) in [6, 6.07) is 11.4. The summed E-state index contributed by atoms with van der Waals surface area (Å²) in [5, 5.41) is 22.5. The van der Waals surface area contributed by atoms with Crippen LogP contribution in [0.1, 0.15) is 23.6 Å². The van der Waals surface area contributed by atoms with Crippen molar-refractivity contribution in [3.05, 3.63) is 53.1 Å². The Balaban J connectivity index is 1.98. The number of phenols is 1. The molecule has 0 aliphatic heterocycles. The van der Waals surface area contributed by atoms with Gasteiger partial charge >= 0.3 is 0 Å². The van der Waals surface area contributed by atoms with Gasteiger partial charge in [-0.05, 0) is 48.2 Å². The van der Waals surface area contributed by atoms with Crippen molar-refractivity contribution < 1.29 is 14.9 Å². The Bertz CT molecular complexity index is 641. The number of hydrogen-bond acceptors (Lipinski definition) is 5. The normalized spacial score (nSPS) is 12.1. The predicted octanol–water partition coefficient (Wildman–Crippen LogP) is 2.20. The Morgan fingerprint density at radius 1 is 1.17 bits per heavy atom. The summed E-state index contributed by atoms with van der Waals surface area (Å²) in [6.45, 7) is 2.48. The van der Waals surface area contributed by atoms with Crippen LogP contribution in [0.25, 0.3) is 0 Å². The number of aliphatic hydroxyl groups excluding tert-OH is 1. The van der Waals surface area contributed by atoms with Gasteiger partial charge in [-0.15, -0.1) is 0 Å². The van der Waals surface area contributed by atoms with Crippen molar-refractivity contribution in [1.29, 1.82) is 0 Å². The summed E-state index contributed by atoms with van der Waals surface area (Å²) < 4.78 is 5.15. The summed E-state index contributed by atoms with van der Waals surface area (Å²) in [5.41, 5.74) is 8.91. The quantitative estimate of drug-likeness (QED) is 0.465. The second kappa shape index (κ2) is 7.85. The van der Waals surface area contributed by atoms with E-state index in [0.29, 0.717) is 12.2 Å². The molecule has 0 saturated carbocycles. The molecule has 2 aromatic rings. The van der Waals surface area contributed by atoms with Gasteiger partial charge in [0.15, 0.2) is 0 Å². The molecule has 0 radical (unpaired) electrons. The maximum atomic E-state index is 9.72. The van der Waals surface area contributed by atoms with Crippen molar-refractivity contribution in [1.82, 2.24) is 5.32 Å². The molecule has 0 heterocycles. The van der Waals surface area contributed by atoms with Gasteiger partial charge in [-0.25, -0.2) is 0 Å². The van der Waals surface area contributed by atoms with E-state index in [1.807, 2.05) is 24.3 Å². The highest BCUT2D eigenvalue weighted by atomic mass is 16.5. The molecule has 0 aliphatic carbocycles. The molecule has 5 N–H and O–H groups in total. The van der Waals surface area contributed by atoms with Gasteiger partial charge in [0.2, 0.25) is 0 Å². The number of methoxy groups -OCH3 is 1. The van der Waals surface area contributed by atoms with Gasteiger partial charge in [0.25, 0.3) is 0 Å². The van der Waals surface area contributed by atoms with Crippen LogP contribution in [-0.2, 0) is 19.6 Å². The van der Waals surface area contributed by atoms with Crippen LogP contribution in [0.15, 0.2) is 36.4 Å². The Morgan fingerprint density at radius 3 is 2.48 bits per heavy atom. The molecule has 23 heavy (non-hydrogen) atoms. The Hall–Kier alpha value is -2.24. The molecule has 2 aromatic carbocycles. The van der Waals surface area contributed by atoms with Crippen molar-refractivity contribution in [3.63, 3.8) is 0 Å². The first-order valence-corrected chi connectivity index (χ1v) is 7.61. The van der Waals surface area contributed by atoms with Gasteiger partial charge < -0.3 is 26.0 Å². The fraction of sp³-hybridized carbons (Fsp3) is 0.333. The molecule has 0 aromatic heterocycles. The smallest absolute Gasteiger partial charge is 0.138 e. The van der Waals surface area contributed by atoms with Gasteiger partial charge in [-0.3, -0.25) is 0 Å². The van der Waals surface area contributed by atoms with E-state index in [2.05, 4.69) is 12.2 Å². The van der Waals surface area contributed by atoms with Crippen LogP contribution in [0.5, 0.6) is 11.5 Å². The minimum Gasteiger partial charge on any atom is -0.506 e. The molecule has 5 heteroatoms. The van der Waals surface area contributed by atoms with E-state index in [4.69, 9.17) is 10.5 Å². The van der Waals surface area contributed by atoms with Crippen LogP contribution in [0.3, 0.4) is 0 Å². The number of phenolic OH excluding ortho intramolecular Hbond substituents is 1. The minimum atomic E-state index is -0.103. The van der Waals surface area contributed by atoms with Crippen LogP contribution in [0.4, 0.5) is 5.69 Å². The number of nitrogen functional groups attached to an aromatic ring is 1. The molecule has 0 spiro atoms. The van der Waals surface area contributed by atoms with Gasteiger partial charge in [0, 0.05) is 12.6 Å². The summed E-state index contributed by atoms with van der Waals surface area (Å²) in [7, 11) is 1.65. The Kier molecular flexibility index (Phi) is 5.84. The lowest BCUT2D eigenvalue weighted by Gasteiger charge is -2.17. The fourth-order valence-corrected chi connectivity index (χ4v) is 2.52. The molecule has 2 rings (SSSR count). The molecule has 0 aliphatic rings. The summed E-state index contributed by atoms with van der Waals surface area (Å²) in [5.74, 6) is 0.885. The molecule has 0 amide bonds. The molecule has 124 valence electrons. The highest BCUT2D eigenvalue weighted by Crippen LogP contribution is 2.27. The molecule has 0 fully saturated rings. The van der Waals surface area contributed by atoms with Gasteiger partial charge in [-0.1, -0.05) is 18.2 Å². The van der Waals surface area contributed by atoms with Crippen molar-refractivity contribution >= 4 is 5.69 Å². The third-order valence-electron chi connectivity index (χ3n) is 3.93. The average molecular weight is 316 g/mol. The van der Waals surface area contributed by atoms with Crippen LogP contribution in [0.2, 0.25) is 0 Å². The topological polar surface area (TPSA) is 87.7 Å². The monoisotopic (exact) mass is 316 g/mol. The van der Waals surface area contributed by atoms with E-state index >= 15 is 0 Å². The highest BCUT2D eigenvalue weighted by molar-refractivity contribution is 5.60. The number of anilines is 1. The predicted molar refractivity (Wildman–Crippen MR) is 91.4 cm³/mol. The zero-order chi connectivity index (χ0) is 16.8. The van der Waals surface area contributed by atoms with Crippen LogP contribution in [-0.4, -0.2) is 23.4 Å². The standard InChI is InChI=1S/C18H24N2O3/c1-12(9-13-3-6-15(23-2)7-4-13)20-10-16-14(11-21)5-8-17(22)18(16)19/h3-8,12,20-22H,9-11,19H2,1-2H3. The number of rotatable bonds is 7. The van der Waals surface area contributed by atoms with Crippen molar-refractivity contribution in [2.45, 2.75) is 32.5 Å². The summed E-state index contributed by atoms with van der Waals surface area (Å²) in [4.78, 5) is 0. The third-order valence-corrected chi connectivity index (χ3v) is 3.93. The first kappa shape index (κ1) is 17.1. The number of aliphatic hydroxyl groups is 1. The number of hydrogen-bond donors (Lipinski definition) is 4. The molecule has 5 nitrogen and oxygen atoms in total. The largest absolute Gasteiger partial charge is 0.506 e. The van der Waals surface area contributed by atoms with Crippen molar-refractivity contribution in [3.8, 4) is 11.5 Å². The molecular formula is C18H24N2O3. The number of benzene rings is 2. The first-order valence-electron chi connectivity index (χ1n) is 7.61. The Morgan fingerprint density at radius 2 is 1.87 bits per heavy atom. The molecule has 1 unspecified atom stereocenters. The van der Waals surface area contributed by atoms with Gasteiger partial charge in [-0.2, -0.15) is 0 Å². The van der Waals surface area contributed by atoms with E-state index in [-0.39, 0.29) is 18.4 Å². The van der Waals surface area contributed by atoms with E-state index in [1.165, 1.54) is 11.6 Å². The first-order chi connectivity index (χ1) is 11.0. The van der Waals surface area contributed by atoms with Crippen LogP contribution in [0, 0.1) is 0 Å². The highest BCUT2D eigenvalue weighted by Gasteiger charge is 2.11. The molecule has 0 bridgehead atoms. The average Bonchev–Trinajstić information content (AvgIpc) is 2.56. The third kappa shape index (κ3) is 4.37.